The molecule has 0 bridgehead atoms. The fraction of sp³-hybridized carbons (Fsp3) is 0.696. The van der Waals surface area contributed by atoms with Crippen LogP contribution in [0.25, 0.3) is 0 Å². The molecule has 2 atom stereocenters. The summed E-state index contributed by atoms with van der Waals surface area (Å²) in [5, 5.41) is 4.41. The van der Waals surface area contributed by atoms with Crippen molar-refractivity contribution >= 4 is 5.91 Å². The minimum atomic E-state index is 0.137. The smallest absolute Gasteiger partial charge is 0.224 e. The fourth-order valence-corrected chi connectivity index (χ4v) is 4.90. The number of amides is 1. The second-order valence-corrected chi connectivity index (χ2v) is 10.00. The van der Waals surface area contributed by atoms with Gasteiger partial charge in [0.2, 0.25) is 5.91 Å². The summed E-state index contributed by atoms with van der Waals surface area (Å²) < 4.78 is 7.86. The Hall–Kier alpha value is -2.11. The summed E-state index contributed by atoms with van der Waals surface area (Å²) in [6.07, 6.45) is 11.2. The molecule has 0 aromatic carbocycles. The molecule has 6 heteroatoms. The molecule has 1 aliphatic carbocycles. The summed E-state index contributed by atoms with van der Waals surface area (Å²) in [6, 6.07) is 0.137. The van der Waals surface area contributed by atoms with E-state index in [1.54, 1.807) is 12.5 Å². The van der Waals surface area contributed by atoms with E-state index in [4.69, 9.17) is 4.52 Å². The monoisotopic (exact) mass is 398 g/mol. The van der Waals surface area contributed by atoms with Gasteiger partial charge in [0.25, 0.3) is 0 Å². The molecular formula is C23H34N4O2. The second kappa shape index (κ2) is 7.96. The highest BCUT2D eigenvalue weighted by Crippen LogP contribution is 2.41. The quantitative estimate of drug-likeness (QED) is 0.767. The molecule has 2 aliphatic rings. The minimum absolute atomic E-state index is 0.137. The first-order chi connectivity index (χ1) is 13.8. The number of carbonyl (C=O) groups excluding carboxylic acids is 1. The normalized spacial score (nSPS) is 21.8. The van der Waals surface area contributed by atoms with Crippen molar-refractivity contribution in [2.45, 2.75) is 78.2 Å². The van der Waals surface area contributed by atoms with Gasteiger partial charge in [0.05, 0.1) is 12.0 Å². The topological polar surface area (TPSA) is 64.2 Å². The molecule has 158 valence electrons. The summed E-state index contributed by atoms with van der Waals surface area (Å²) >= 11 is 0. The first-order valence-corrected chi connectivity index (χ1v) is 11.1. The third kappa shape index (κ3) is 4.26. The van der Waals surface area contributed by atoms with Gasteiger partial charge in [-0.15, -0.1) is 0 Å². The lowest BCUT2D eigenvalue weighted by Crippen LogP contribution is -2.38. The van der Waals surface area contributed by atoms with Gasteiger partial charge in [-0.25, -0.2) is 4.98 Å². The van der Waals surface area contributed by atoms with Crippen molar-refractivity contribution in [3.05, 3.63) is 35.7 Å². The largest absolute Gasteiger partial charge is 0.361 e. The van der Waals surface area contributed by atoms with Crippen LogP contribution in [0.2, 0.25) is 0 Å². The minimum Gasteiger partial charge on any atom is -0.361 e. The molecule has 29 heavy (non-hydrogen) atoms. The van der Waals surface area contributed by atoms with E-state index in [-0.39, 0.29) is 11.9 Å². The molecule has 2 aromatic heterocycles. The van der Waals surface area contributed by atoms with Crippen molar-refractivity contribution in [3.8, 4) is 0 Å². The van der Waals surface area contributed by atoms with Gasteiger partial charge in [0, 0.05) is 49.4 Å². The van der Waals surface area contributed by atoms with Crippen molar-refractivity contribution in [2.75, 3.05) is 13.1 Å². The van der Waals surface area contributed by atoms with Crippen molar-refractivity contribution in [3.63, 3.8) is 0 Å². The zero-order valence-corrected chi connectivity index (χ0v) is 18.2. The van der Waals surface area contributed by atoms with Gasteiger partial charge in [-0.1, -0.05) is 25.9 Å². The number of carbonyl (C=O) groups is 1. The SMILES string of the molecule is C[C@@H](CC(=O)N1CCC(c2onc3c2C[C@@H](C(C)(C)C)CC3)CC1)n1ccnc1. The molecule has 0 unspecified atom stereocenters. The lowest BCUT2D eigenvalue weighted by atomic mass is 9.71. The van der Waals surface area contributed by atoms with Crippen LogP contribution in [0, 0.1) is 11.3 Å². The van der Waals surface area contributed by atoms with Crippen LogP contribution in [0.5, 0.6) is 0 Å². The van der Waals surface area contributed by atoms with Crippen LogP contribution in [0.1, 0.15) is 82.4 Å². The maximum Gasteiger partial charge on any atom is 0.224 e. The third-order valence-corrected chi connectivity index (χ3v) is 7.03. The number of fused-ring (bicyclic) bond motifs is 1. The highest BCUT2D eigenvalue weighted by Gasteiger charge is 2.35. The number of nitrogens with zero attached hydrogens (tertiary/aromatic N) is 4. The van der Waals surface area contributed by atoms with Crippen molar-refractivity contribution in [1.29, 1.82) is 0 Å². The highest BCUT2D eigenvalue weighted by molar-refractivity contribution is 5.76. The molecule has 1 amide bonds. The Kier molecular flexibility index (Phi) is 5.54. The molecular weight excluding hydrogens is 364 g/mol. The molecule has 0 spiro atoms. The summed E-state index contributed by atoms with van der Waals surface area (Å²) in [4.78, 5) is 18.8. The van der Waals surface area contributed by atoms with Crippen molar-refractivity contribution in [1.82, 2.24) is 19.6 Å². The Morgan fingerprint density at radius 3 is 2.69 bits per heavy atom. The average Bonchev–Trinajstić information content (AvgIpc) is 3.37. The molecule has 0 radical (unpaired) electrons. The summed E-state index contributed by atoms with van der Waals surface area (Å²) in [6.45, 7) is 10.7. The molecule has 4 rings (SSSR count). The van der Waals surface area contributed by atoms with E-state index in [1.807, 2.05) is 15.7 Å². The molecule has 3 heterocycles. The van der Waals surface area contributed by atoms with Crippen LogP contribution in [0.4, 0.5) is 0 Å². The molecule has 1 aliphatic heterocycles. The number of aromatic nitrogens is 3. The molecule has 0 saturated carbocycles. The Labute approximate surface area is 173 Å². The number of hydrogen-bond donors (Lipinski definition) is 0. The Morgan fingerprint density at radius 1 is 1.28 bits per heavy atom. The van der Waals surface area contributed by atoms with Gasteiger partial charge in [-0.3, -0.25) is 4.79 Å². The van der Waals surface area contributed by atoms with E-state index < -0.39 is 0 Å². The van der Waals surface area contributed by atoms with E-state index >= 15 is 0 Å². The maximum atomic E-state index is 12.7. The number of likely N-dealkylation sites (tertiary alicyclic amines) is 1. The first kappa shape index (κ1) is 20.2. The number of hydrogen-bond acceptors (Lipinski definition) is 4. The molecule has 2 aromatic rings. The van der Waals surface area contributed by atoms with Crippen LogP contribution in [-0.2, 0) is 17.6 Å². The Balaban J connectivity index is 1.36. The van der Waals surface area contributed by atoms with Crippen LogP contribution >= 0.6 is 0 Å². The summed E-state index contributed by atoms with van der Waals surface area (Å²) in [7, 11) is 0. The van der Waals surface area contributed by atoms with E-state index in [1.165, 1.54) is 17.7 Å². The number of rotatable bonds is 4. The molecule has 6 nitrogen and oxygen atoms in total. The lowest BCUT2D eigenvalue weighted by Gasteiger charge is -2.35. The van der Waals surface area contributed by atoms with Crippen LogP contribution in [0.15, 0.2) is 23.2 Å². The summed E-state index contributed by atoms with van der Waals surface area (Å²) in [5.41, 5.74) is 2.86. The zero-order valence-electron chi connectivity index (χ0n) is 18.2. The molecule has 1 fully saturated rings. The Bertz CT molecular complexity index is 826. The summed E-state index contributed by atoms with van der Waals surface area (Å²) in [5.74, 6) is 2.41. The third-order valence-electron chi connectivity index (χ3n) is 7.03. The first-order valence-electron chi connectivity index (χ1n) is 11.1. The standard InChI is InChI=1S/C23H34N4O2/c1-16(27-12-9-24-15-27)13-21(28)26-10-7-17(8-11-26)22-19-14-18(23(2,3)4)5-6-20(19)25-29-22/h9,12,15-18H,5-8,10-11,13-14H2,1-4H3/t16-,18-/m0/s1. The molecule has 0 N–H and O–H groups in total. The predicted molar refractivity (Wildman–Crippen MR) is 112 cm³/mol. The van der Waals surface area contributed by atoms with Gasteiger partial charge in [0.1, 0.15) is 5.76 Å². The van der Waals surface area contributed by atoms with E-state index in [2.05, 4.69) is 37.8 Å². The lowest BCUT2D eigenvalue weighted by molar-refractivity contribution is -0.133. The van der Waals surface area contributed by atoms with Crippen LogP contribution in [0.3, 0.4) is 0 Å². The van der Waals surface area contributed by atoms with Crippen molar-refractivity contribution in [2.24, 2.45) is 11.3 Å². The van der Waals surface area contributed by atoms with Gasteiger partial charge < -0.3 is 14.0 Å². The van der Waals surface area contributed by atoms with E-state index in [9.17, 15) is 4.79 Å². The predicted octanol–water partition coefficient (Wildman–Crippen LogP) is 4.38. The van der Waals surface area contributed by atoms with Gasteiger partial charge in [-0.2, -0.15) is 0 Å². The fourth-order valence-electron chi connectivity index (χ4n) is 4.90. The number of imidazole rings is 1. The average molecular weight is 399 g/mol. The number of piperidine rings is 1. The van der Waals surface area contributed by atoms with E-state index in [0.717, 1.165) is 44.5 Å². The van der Waals surface area contributed by atoms with Gasteiger partial charge in [0.15, 0.2) is 0 Å². The van der Waals surface area contributed by atoms with E-state index in [0.29, 0.717) is 23.7 Å². The van der Waals surface area contributed by atoms with Gasteiger partial charge >= 0.3 is 0 Å². The van der Waals surface area contributed by atoms with Crippen LogP contribution in [-0.4, -0.2) is 38.6 Å². The van der Waals surface area contributed by atoms with Crippen molar-refractivity contribution < 1.29 is 9.32 Å². The van der Waals surface area contributed by atoms with Crippen LogP contribution < -0.4 is 0 Å². The Morgan fingerprint density at radius 2 is 2.03 bits per heavy atom. The second-order valence-electron chi connectivity index (χ2n) is 10.00. The number of aryl methyl sites for hydroxylation is 1. The van der Waals surface area contributed by atoms with Gasteiger partial charge in [-0.05, 0) is 50.4 Å². The molecule has 1 saturated heterocycles. The maximum absolute atomic E-state index is 12.7. The highest BCUT2D eigenvalue weighted by atomic mass is 16.5. The zero-order chi connectivity index (χ0) is 20.6.